The van der Waals surface area contributed by atoms with Gasteiger partial charge in [0.2, 0.25) is 0 Å². The highest BCUT2D eigenvalue weighted by atomic mass is 35.5. The second-order valence-corrected chi connectivity index (χ2v) is 5.48. The van der Waals surface area contributed by atoms with E-state index in [0.29, 0.717) is 17.2 Å². The van der Waals surface area contributed by atoms with Gasteiger partial charge in [0.25, 0.3) is 0 Å². The van der Waals surface area contributed by atoms with E-state index in [0.717, 1.165) is 5.56 Å². The van der Waals surface area contributed by atoms with E-state index in [1.807, 2.05) is 12.1 Å². The second-order valence-electron chi connectivity index (χ2n) is 5.17. The Balaban J connectivity index is 1.89. The lowest BCUT2D eigenvalue weighted by atomic mass is 10.2. The summed E-state index contributed by atoms with van der Waals surface area (Å²) in [5.74, 6) is 1.75. The molecule has 0 aromatic heterocycles. The van der Waals surface area contributed by atoms with Crippen LogP contribution in [-0.4, -0.2) is 45.1 Å². The van der Waals surface area contributed by atoms with Crippen molar-refractivity contribution < 1.29 is 23.7 Å². The van der Waals surface area contributed by atoms with Crippen molar-refractivity contribution >= 4 is 24.0 Å². The van der Waals surface area contributed by atoms with E-state index < -0.39 is 12.3 Å². The molecule has 0 bridgehead atoms. The maximum absolute atomic E-state index is 11.8. The maximum atomic E-state index is 11.8. The first kappa shape index (κ1) is 19.6. The van der Waals surface area contributed by atoms with Crippen LogP contribution in [0.5, 0.6) is 17.2 Å². The van der Waals surface area contributed by atoms with Gasteiger partial charge in [0.1, 0.15) is 11.9 Å². The number of carbonyl (C=O) groups excluding carboxylic acids is 1. The van der Waals surface area contributed by atoms with Gasteiger partial charge in [-0.05, 0) is 35.9 Å². The maximum Gasteiger partial charge on any atom is 0.514 e. The molecule has 0 saturated heterocycles. The van der Waals surface area contributed by atoms with Gasteiger partial charge in [0.15, 0.2) is 11.5 Å². The average Bonchev–Trinajstić information content (AvgIpc) is 2.67. The number of nitrogens with zero attached hydrogens (tertiary/aromatic N) is 1. The summed E-state index contributed by atoms with van der Waals surface area (Å²) in [5, 5.41) is 0. The molecule has 0 amide bonds. The quantitative estimate of drug-likeness (QED) is 0.301. The monoisotopic (exact) mass is 377 g/mol. The number of aliphatic imine (C=N–C) groups is 1. The van der Waals surface area contributed by atoms with Gasteiger partial charge in [-0.15, -0.1) is 11.6 Å². The Labute approximate surface area is 157 Å². The lowest BCUT2D eigenvalue weighted by molar-refractivity contribution is 0.0705. The average molecular weight is 378 g/mol. The summed E-state index contributed by atoms with van der Waals surface area (Å²) in [6, 6.07) is 14.1. The van der Waals surface area contributed by atoms with Crippen molar-refractivity contribution in [3.8, 4) is 17.2 Å². The molecular weight excluding hydrogens is 358 g/mol. The van der Waals surface area contributed by atoms with Crippen LogP contribution in [0.2, 0.25) is 0 Å². The molecule has 2 rings (SSSR count). The summed E-state index contributed by atoms with van der Waals surface area (Å²) in [6.07, 6.45) is 0.236. The molecule has 2 aromatic carbocycles. The second kappa shape index (κ2) is 10.3. The Morgan fingerprint density at radius 3 is 2.50 bits per heavy atom. The van der Waals surface area contributed by atoms with Crippen molar-refractivity contribution in [3.63, 3.8) is 0 Å². The lowest BCUT2D eigenvalue weighted by Crippen LogP contribution is -2.25. The predicted molar refractivity (Wildman–Crippen MR) is 100 cm³/mol. The third-order valence-corrected chi connectivity index (χ3v) is 3.68. The van der Waals surface area contributed by atoms with E-state index in [9.17, 15) is 4.79 Å². The molecule has 1 atom stereocenters. The summed E-state index contributed by atoms with van der Waals surface area (Å²) < 4.78 is 20.7. The van der Waals surface area contributed by atoms with Crippen molar-refractivity contribution in [2.75, 3.05) is 26.6 Å². The van der Waals surface area contributed by atoms with Gasteiger partial charge < -0.3 is 18.9 Å². The third-order valence-electron chi connectivity index (χ3n) is 3.34. The molecule has 7 heteroatoms. The van der Waals surface area contributed by atoms with Gasteiger partial charge in [0, 0.05) is 6.21 Å². The van der Waals surface area contributed by atoms with E-state index in [1.54, 1.807) is 56.8 Å². The molecule has 0 heterocycles. The number of alkyl halides is 1. The van der Waals surface area contributed by atoms with Crippen LogP contribution in [0, 0.1) is 0 Å². The Morgan fingerprint density at radius 1 is 1.12 bits per heavy atom. The number of para-hydroxylation sites is 1. The Hall–Kier alpha value is -2.73. The highest BCUT2D eigenvalue weighted by molar-refractivity contribution is 6.18. The van der Waals surface area contributed by atoms with Crippen LogP contribution in [0.1, 0.15) is 5.56 Å². The number of hydrogen-bond acceptors (Lipinski definition) is 6. The van der Waals surface area contributed by atoms with E-state index >= 15 is 0 Å². The Kier molecular flexibility index (Phi) is 7.76. The number of ether oxygens (including phenoxy) is 4. The highest BCUT2D eigenvalue weighted by Crippen LogP contribution is 2.26. The van der Waals surface area contributed by atoms with Gasteiger partial charge >= 0.3 is 6.16 Å². The number of halogens is 1. The minimum absolute atomic E-state index is 0.104. The first-order valence-electron chi connectivity index (χ1n) is 7.87. The fourth-order valence-corrected chi connectivity index (χ4v) is 2.23. The minimum atomic E-state index is -0.817. The summed E-state index contributed by atoms with van der Waals surface area (Å²) >= 11 is 5.84. The van der Waals surface area contributed by atoms with Crippen LogP contribution < -0.4 is 14.2 Å². The first-order valence-corrected chi connectivity index (χ1v) is 8.41. The molecule has 0 aliphatic carbocycles. The number of benzene rings is 2. The van der Waals surface area contributed by atoms with E-state index in [2.05, 4.69) is 4.99 Å². The Bertz CT molecular complexity index is 736. The molecule has 0 aliphatic rings. The van der Waals surface area contributed by atoms with Gasteiger partial charge in [-0.3, -0.25) is 4.99 Å². The fourth-order valence-electron chi connectivity index (χ4n) is 2.07. The molecule has 2 aromatic rings. The first-order chi connectivity index (χ1) is 12.7. The molecule has 0 unspecified atom stereocenters. The molecule has 0 aliphatic heterocycles. The largest absolute Gasteiger partial charge is 0.514 e. The molecule has 26 heavy (non-hydrogen) atoms. The van der Waals surface area contributed by atoms with Crippen LogP contribution in [-0.2, 0) is 4.74 Å². The summed E-state index contributed by atoms with van der Waals surface area (Å²) in [5.41, 5.74) is 0.822. The third kappa shape index (κ3) is 5.97. The zero-order chi connectivity index (χ0) is 18.8. The fraction of sp³-hybridized carbons (Fsp3) is 0.263. The summed E-state index contributed by atoms with van der Waals surface area (Å²) in [6.45, 7) is 0.210. The number of rotatable bonds is 8. The van der Waals surface area contributed by atoms with Crippen molar-refractivity contribution in [2.24, 2.45) is 4.99 Å². The molecule has 0 fully saturated rings. The van der Waals surface area contributed by atoms with E-state index in [1.165, 1.54) is 0 Å². The standard InChI is InChI=1S/C19H20ClNO5/c1-23-17-9-8-14(10-18(17)24-2)12-21-13-16(11-20)26-19(22)25-15-6-4-3-5-7-15/h3-10,12,16H,11,13H2,1-2H3/b21-12+/t16-/m1/s1. The molecule has 6 nitrogen and oxygen atoms in total. The SMILES string of the molecule is COc1ccc(/C=N/C[C@@H](CCl)OC(=O)Oc2ccccc2)cc1OC. The number of carbonyl (C=O) groups is 1. The van der Waals surface area contributed by atoms with Gasteiger partial charge in [-0.1, -0.05) is 18.2 Å². The summed E-state index contributed by atoms with van der Waals surface area (Å²) in [7, 11) is 3.14. The van der Waals surface area contributed by atoms with Crippen molar-refractivity contribution in [2.45, 2.75) is 6.10 Å². The van der Waals surface area contributed by atoms with Crippen molar-refractivity contribution in [1.29, 1.82) is 0 Å². The molecule has 0 radical (unpaired) electrons. The van der Waals surface area contributed by atoms with Crippen LogP contribution >= 0.6 is 11.6 Å². The van der Waals surface area contributed by atoms with Gasteiger partial charge in [0.05, 0.1) is 26.6 Å². The molecule has 138 valence electrons. The van der Waals surface area contributed by atoms with Crippen LogP contribution in [0.15, 0.2) is 53.5 Å². The lowest BCUT2D eigenvalue weighted by Gasteiger charge is -2.13. The normalized spacial score (nSPS) is 11.8. The van der Waals surface area contributed by atoms with Crippen molar-refractivity contribution in [3.05, 3.63) is 54.1 Å². The van der Waals surface area contributed by atoms with Gasteiger partial charge in [-0.2, -0.15) is 0 Å². The molecular formula is C19H20ClNO5. The molecule has 0 N–H and O–H groups in total. The van der Waals surface area contributed by atoms with E-state index in [-0.39, 0.29) is 12.4 Å². The zero-order valence-corrected chi connectivity index (χ0v) is 15.3. The molecule has 0 spiro atoms. The van der Waals surface area contributed by atoms with Crippen LogP contribution in [0.4, 0.5) is 4.79 Å². The topological polar surface area (TPSA) is 66.4 Å². The van der Waals surface area contributed by atoms with Crippen LogP contribution in [0.3, 0.4) is 0 Å². The highest BCUT2D eigenvalue weighted by Gasteiger charge is 2.14. The van der Waals surface area contributed by atoms with E-state index in [4.69, 9.17) is 30.5 Å². The number of hydrogen-bond donors (Lipinski definition) is 0. The zero-order valence-electron chi connectivity index (χ0n) is 14.6. The van der Waals surface area contributed by atoms with Crippen LogP contribution in [0.25, 0.3) is 0 Å². The predicted octanol–water partition coefficient (Wildman–Crippen LogP) is 3.95. The summed E-state index contributed by atoms with van der Waals surface area (Å²) in [4.78, 5) is 16.0. The Morgan fingerprint density at radius 2 is 1.85 bits per heavy atom. The number of methoxy groups -OCH3 is 2. The minimum Gasteiger partial charge on any atom is -0.493 e. The molecule has 0 saturated carbocycles. The smallest absolute Gasteiger partial charge is 0.493 e. The van der Waals surface area contributed by atoms with Gasteiger partial charge in [-0.25, -0.2) is 4.79 Å². The van der Waals surface area contributed by atoms with Crippen molar-refractivity contribution in [1.82, 2.24) is 0 Å².